The number of methoxy groups -OCH3 is 1. The van der Waals surface area contributed by atoms with E-state index in [0.717, 1.165) is 29.3 Å². The molecule has 1 amide bonds. The lowest BCUT2D eigenvalue weighted by molar-refractivity contribution is -0.118. The minimum absolute atomic E-state index is 0.0458. The molecule has 0 radical (unpaired) electrons. The molecule has 1 aliphatic rings. The number of fused-ring (bicyclic) bond motifs is 1. The highest BCUT2D eigenvalue weighted by Crippen LogP contribution is 2.21. The predicted molar refractivity (Wildman–Crippen MR) is 92.6 cm³/mol. The van der Waals surface area contributed by atoms with Gasteiger partial charge in [-0.15, -0.1) is 11.8 Å². The van der Waals surface area contributed by atoms with Crippen LogP contribution in [-0.4, -0.2) is 18.8 Å². The molecule has 3 rings (SSSR count). The molecule has 2 N–H and O–H groups in total. The number of benzene rings is 2. The van der Waals surface area contributed by atoms with Gasteiger partial charge in [0, 0.05) is 24.5 Å². The van der Waals surface area contributed by atoms with E-state index in [9.17, 15) is 4.79 Å². The first-order valence-corrected chi connectivity index (χ1v) is 8.58. The molecule has 120 valence electrons. The first kappa shape index (κ1) is 15.9. The van der Waals surface area contributed by atoms with Crippen LogP contribution < -0.4 is 15.4 Å². The van der Waals surface area contributed by atoms with Crippen molar-refractivity contribution in [1.82, 2.24) is 10.6 Å². The van der Waals surface area contributed by atoms with Crippen molar-refractivity contribution >= 4 is 17.7 Å². The van der Waals surface area contributed by atoms with Crippen LogP contribution in [0.4, 0.5) is 0 Å². The van der Waals surface area contributed by atoms with E-state index < -0.39 is 0 Å². The normalized spacial score (nSPS) is 12.7. The van der Waals surface area contributed by atoms with Crippen molar-refractivity contribution in [2.45, 2.75) is 24.5 Å². The molecule has 0 aliphatic carbocycles. The summed E-state index contributed by atoms with van der Waals surface area (Å²) >= 11 is 1.53. The monoisotopic (exact) mass is 328 g/mol. The number of hydrogen-bond donors (Lipinski definition) is 2. The van der Waals surface area contributed by atoms with Crippen molar-refractivity contribution in [2.75, 3.05) is 12.9 Å². The number of ether oxygens (including phenoxy) is 1. The molecule has 2 aromatic carbocycles. The van der Waals surface area contributed by atoms with Gasteiger partial charge in [-0.25, -0.2) is 0 Å². The van der Waals surface area contributed by atoms with Gasteiger partial charge in [-0.05, 0) is 41.0 Å². The summed E-state index contributed by atoms with van der Waals surface area (Å²) < 4.78 is 5.12. The van der Waals surface area contributed by atoms with Crippen molar-refractivity contribution in [1.29, 1.82) is 0 Å². The van der Waals surface area contributed by atoms with E-state index in [2.05, 4.69) is 28.8 Å². The van der Waals surface area contributed by atoms with E-state index in [1.807, 2.05) is 24.3 Å². The van der Waals surface area contributed by atoms with Gasteiger partial charge in [0.2, 0.25) is 5.91 Å². The van der Waals surface area contributed by atoms with Crippen LogP contribution in [0.25, 0.3) is 0 Å². The van der Waals surface area contributed by atoms with E-state index in [1.54, 1.807) is 7.11 Å². The highest BCUT2D eigenvalue weighted by molar-refractivity contribution is 8.00. The molecule has 0 fully saturated rings. The van der Waals surface area contributed by atoms with Crippen LogP contribution in [-0.2, 0) is 24.4 Å². The second-order valence-corrected chi connectivity index (χ2v) is 6.50. The summed E-state index contributed by atoms with van der Waals surface area (Å²) in [5.41, 5.74) is 3.84. The summed E-state index contributed by atoms with van der Waals surface area (Å²) in [6.07, 6.45) is 0. The highest BCUT2D eigenvalue weighted by atomic mass is 32.2. The summed E-state index contributed by atoms with van der Waals surface area (Å²) in [5.74, 6) is 1.29. The summed E-state index contributed by atoms with van der Waals surface area (Å²) in [4.78, 5) is 13.0. The Balaban J connectivity index is 1.45. The van der Waals surface area contributed by atoms with Crippen LogP contribution in [0.5, 0.6) is 5.75 Å². The van der Waals surface area contributed by atoms with Crippen molar-refractivity contribution < 1.29 is 9.53 Å². The zero-order valence-corrected chi connectivity index (χ0v) is 13.9. The minimum atomic E-state index is 0.0458. The topological polar surface area (TPSA) is 50.4 Å². The molecule has 0 saturated carbocycles. The third kappa shape index (κ3) is 4.27. The molecule has 0 atom stereocenters. The Morgan fingerprint density at radius 2 is 1.96 bits per heavy atom. The van der Waals surface area contributed by atoms with Gasteiger partial charge in [0.1, 0.15) is 5.75 Å². The summed E-state index contributed by atoms with van der Waals surface area (Å²) in [7, 11) is 1.64. The Kier molecular flexibility index (Phi) is 5.20. The molecule has 2 aromatic rings. The number of nitrogens with one attached hydrogen (secondary N) is 2. The maximum atomic E-state index is 12.0. The fraction of sp³-hybridized carbons (Fsp3) is 0.278. The van der Waals surface area contributed by atoms with E-state index in [1.165, 1.54) is 22.9 Å². The van der Waals surface area contributed by atoms with Crippen LogP contribution in [0.3, 0.4) is 0 Å². The predicted octanol–water partition coefficient (Wildman–Crippen LogP) is 2.71. The molecule has 5 heteroatoms. The van der Waals surface area contributed by atoms with Crippen LogP contribution in [0.15, 0.2) is 47.4 Å². The van der Waals surface area contributed by atoms with Crippen molar-refractivity contribution in [2.24, 2.45) is 0 Å². The lowest BCUT2D eigenvalue weighted by Gasteiger charge is -2.07. The quantitative estimate of drug-likeness (QED) is 0.801. The molecule has 4 nitrogen and oxygen atoms in total. The molecule has 0 spiro atoms. The lowest BCUT2D eigenvalue weighted by Crippen LogP contribution is -2.24. The van der Waals surface area contributed by atoms with Gasteiger partial charge < -0.3 is 15.4 Å². The van der Waals surface area contributed by atoms with Crippen LogP contribution in [0.1, 0.15) is 16.7 Å². The van der Waals surface area contributed by atoms with Gasteiger partial charge in [0.25, 0.3) is 0 Å². The Morgan fingerprint density at radius 1 is 1.17 bits per heavy atom. The number of thioether (sulfide) groups is 1. The highest BCUT2D eigenvalue weighted by Gasteiger charge is 2.10. The Hall–Kier alpha value is -1.98. The molecule has 0 aromatic heterocycles. The van der Waals surface area contributed by atoms with Gasteiger partial charge in [0.15, 0.2) is 0 Å². The average molecular weight is 328 g/mol. The standard InChI is InChI=1S/C18H20N2O2S/c1-22-16-4-6-17(7-5-16)23-12-18(21)20-9-13-2-3-14-10-19-11-15(14)8-13/h2-8,19H,9-12H2,1H3,(H,20,21). The first-order valence-electron chi connectivity index (χ1n) is 7.59. The van der Waals surface area contributed by atoms with Gasteiger partial charge >= 0.3 is 0 Å². The van der Waals surface area contributed by atoms with E-state index >= 15 is 0 Å². The second-order valence-electron chi connectivity index (χ2n) is 5.45. The van der Waals surface area contributed by atoms with Crippen LogP contribution >= 0.6 is 11.8 Å². The zero-order valence-electron chi connectivity index (χ0n) is 13.1. The number of carbonyl (C=O) groups is 1. The third-order valence-electron chi connectivity index (χ3n) is 3.82. The van der Waals surface area contributed by atoms with Crippen LogP contribution in [0.2, 0.25) is 0 Å². The fourth-order valence-corrected chi connectivity index (χ4v) is 3.26. The second kappa shape index (κ2) is 7.53. The SMILES string of the molecule is COc1ccc(SCC(=O)NCc2ccc3c(c2)CNC3)cc1. The fourth-order valence-electron chi connectivity index (χ4n) is 2.53. The number of carbonyl (C=O) groups excluding carboxylic acids is 1. The van der Waals surface area contributed by atoms with Gasteiger partial charge in [-0.2, -0.15) is 0 Å². The lowest BCUT2D eigenvalue weighted by atomic mass is 10.1. The van der Waals surface area contributed by atoms with Gasteiger partial charge in [-0.3, -0.25) is 4.79 Å². The van der Waals surface area contributed by atoms with Crippen LogP contribution in [0, 0.1) is 0 Å². The first-order chi connectivity index (χ1) is 11.2. The molecule has 0 bridgehead atoms. The zero-order chi connectivity index (χ0) is 16.1. The maximum absolute atomic E-state index is 12.0. The third-order valence-corrected chi connectivity index (χ3v) is 4.83. The number of hydrogen-bond acceptors (Lipinski definition) is 4. The molecule has 1 heterocycles. The number of amides is 1. The maximum Gasteiger partial charge on any atom is 0.230 e. The molecule has 23 heavy (non-hydrogen) atoms. The smallest absolute Gasteiger partial charge is 0.230 e. The molecule has 0 unspecified atom stereocenters. The van der Waals surface area contributed by atoms with Gasteiger partial charge in [-0.1, -0.05) is 18.2 Å². The van der Waals surface area contributed by atoms with Gasteiger partial charge in [0.05, 0.1) is 12.9 Å². The largest absolute Gasteiger partial charge is 0.497 e. The average Bonchev–Trinajstić information content (AvgIpc) is 3.06. The van der Waals surface area contributed by atoms with Crippen molar-refractivity contribution in [3.63, 3.8) is 0 Å². The molecular weight excluding hydrogens is 308 g/mol. The van der Waals surface area contributed by atoms with E-state index in [-0.39, 0.29) is 5.91 Å². The molecule has 1 aliphatic heterocycles. The Bertz CT molecular complexity index is 686. The van der Waals surface area contributed by atoms with Crippen molar-refractivity contribution in [3.8, 4) is 5.75 Å². The van der Waals surface area contributed by atoms with Crippen molar-refractivity contribution in [3.05, 3.63) is 59.2 Å². The minimum Gasteiger partial charge on any atom is -0.497 e. The van der Waals surface area contributed by atoms with E-state index in [4.69, 9.17) is 4.74 Å². The summed E-state index contributed by atoms with van der Waals surface area (Å²) in [6.45, 7) is 2.44. The Labute approximate surface area is 140 Å². The van der Waals surface area contributed by atoms with E-state index in [0.29, 0.717) is 12.3 Å². The summed E-state index contributed by atoms with van der Waals surface area (Å²) in [6, 6.07) is 14.1. The Morgan fingerprint density at radius 3 is 2.74 bits per heavy atom. The summed E-state index contributed by atoms with van der Waals surface area (Å²) in [5, 5.41) is 6.30. The number of rotatable bonds is 6. The molecule has 0 saturated heterocycles. The molecular formula is C18H20N2O2S.